The van der Waals surface area contributed by atoms with Crippen molar-refractivity contribution < 1.29 is 9.53 Å². The van der Waals surface area contributed by atoms with Crippen LogP contribution < -0.4 is 4.74 Å². The fourth-order valence-corrected chi connectivity index (χ4v) is 1.11. The lowest BCUT2D eigenvalue weighted by atomic mass is 10.2. The van der Waals surface area contributed by atoms with Crippen LogP contribution >= 0.6 is 0 Å². The van der Waals surface area contributed by atoms with Crippen LogP contribution in [0, 0.1) is 0 Å². The highest BCUT2D eigenvalue weighted by Gasteiger charge is 2.13. The summed E-state index contributed by atoms with van der Waals surface area (Å²) >= 11 is 0. The molecule has 0 spiro atoms. The predicted octanol–water partition coefficient (Wildman–Crippen LogP) is 2.60. The summed E-state index contributed by atoms with van der Waals surface area (Å²) in [6.07, 6.45) is 1.83. The maximum absolute atomic E-state index is 11.2. The van der Waals surface area contributed by atoms with E-state index in [2.05, 4.69) is 6.58 Å². The van der Waals surface area contributed by atoms with Gasteiger partial charge in [0, 0.05) is 6.42 Å². The molecule has 2 heteroatoms. The first-order chi connectivity index (χ1) is 6.74. The molecule has 0 fully saturated rings. The van der Waals surface area contributed by atoms with Gasteiger partial charge in [0.15, 0.2) is 11.9 Å². The Morgan fingerprint density at radius 3 is 2.64 bits per heavy atom. The standard InChI is InChI=1S/C12H14O2/c1-3-7-12(10(2)13)14-11-8-5-4-6-9-11/h3-6,8-9,12H,1,7H2,2H3. The van der Waals surface area contributed by atoms with E-state index in [1.807, 2.05) is 30.3 Å². The zero-order chi connectivity index (χ0) is 10.4. The second kappa shape index (κ2) is 5.22. The smallest absolute Gasteiger partial charge is 0.170 e. The van der Waals surface area contributed by atoms with Crippen LogP contribution in [0.3, 0.4) is 0 Å². The Kier molecular flexibility index (Phi) is 3.92. The van der Waals surface area contributed by atoms with E-state index in [0.29, 0.717) is 6.42 Å². The number of ketones is 1. The Morgan fingerprint density at radius 1 is 1.50 bits per heavy atom. The van der Waals surface area contributed by atoms with Crippen molar-refractivity contribution in [3.05, 3.63) is 43.0 Å². The maximum atomic E-state index is 11.2. The number of benzene rings is 1. The summed E-state index contributed by atoms with van der Waals surface area (Å²) in [7, 11) is 0. The van der Waals surface area contributed by atoms with Gasteiger partial charge in [-0.3, -0.25) is 4.79 Å². The van der Waals surface area contributed by atoms with Crippen LogP contribution in [-0.4, -0.2) is 11.9 Å². The third-order valence-corrected chi connectivity index (χ3v) is 1.86. The monoisotopic (exact) mass is 190 g/mol. The van der Waals surface area contributed by atoms with Crippen molar-refractivity contribution in [2.45, 2.75) is 19.4 Å². The van der Waals surface area contributed by atoms with Gasteiger partial charge in [0.25, 0.3) is 0 Å². The number of ether oxygens (including phenoxy) is 1. The summed E-state index contributed by atoms with van der Waals surface area (Å²) in [5.74, 6) is 0.739. The first kappa shape index (κ1) is 10.5. The van der Waals surface area contributed by atoms with Gasteiger partial charge in [-0.05, 0) is 19.1 Å². The molecule has 2 nitrogen and oxygen atoms in total. The Hall–Kier alpha value is -1.57. The van der Waals surface area contributed by atoms with E-state index in [9.17, 15) is 4.79 Å². The molecule has 0 aliphatic carbocycles. The van der Waals surface area contributed by atoms with Gasteiger partial charge < -0.3 is 4.74 Å². The van der Waals surface area contributed by atoms with Crippen molar-refractivity contribution in [1.82, 2.24) is 0 Å². The number of carbonyl (C=O) groups excluding carboxylic acids is 1. The molecule has 0 saturated heterocycles. The minimum absolute atomic E-state index is 0.0220. The number of carbonyl (C=O) groups is 1. The topological polar surface area (TPSA) is 26.3 Å². The summed E-state index contributed by atoms with van der Waals surface area (Å²) in [6.45, 7) is 5.12. The van der Waals surface area contributed by atoms with Gasteiger partial charge in [-0.2, -0.15) is 0 Å². The van der Waals surface area contributed by atoms with Gasteiger partial charge in [-0.25, -0.2) is 0 Å². The van der Waals surface area contributed by atoms with Gasteiger partial charge in [0.2, 0.25) is 0 Å². The Labute approximate surface area is 84.2 Å². The van der Waals surface area contributed by atoms with E-state index in [4.69, 9.17) is 4.74 Å². The quantitative estimate of drug-likeness (QED) is 0.667. The SMILES string of the molecule is C=CCC(Oc1ccccc1)C(C)=O. The Morgan fingerprint density at radius 2 is 2.14 bits per heavy atom. The third kappa shape index (κ3) is 3.05. The average Bonchev–Trinajstić information content (AvgIpc) is 2.18. The lowest BCUT2D eigenvalue weighted by Gasteiger charge is -2.14. The minimum atomic E-state index is -0.408. The second-order valence-corrected chi connectivity index (χ2v) is 3.05. The molecule has 0 bridgehead atoms. The zero-order valence-corrected chi connectivity index (χ0v) is 8.27. The fourth-order valence-electron chi connectivity index (χ4n) is 1.11. The zero-order valence-electron chi connectivity index (χ0n) is 8.27. The highest BCUT2D eigenvalue weighted by atomic mass is 16.5. The van der Waals surface area contributed by atoms with E-state index in [-0.39, 0.29) is 5.78 Å². The van der Waals surface area contributed by atoms with Crippen LogP contribution in [0.5, 0.6) is 5.75 Å². The third-order valence-electron chi connectivity index (χ3n) is 1.86. The molecule has 1 aromatic carbocycles. The lowest BCUT2D eigenvalue weighted by molar-refractivity contribution is -0.123. The summed E-state index contributed by atoms with van der Waals surface area (Å²) in [4.78, 5) is 11.2. The van der Waals surface area contributed by atoms with Crippen LogP contribution in [-0.2, 0) is 4.79 Å². The molecule has 0 aliphatic heterocycles. The molecule has 0 saturated carbocycles. The van der Waals surface area contributed by atoms with E-state index in [1.54, 1.807) is 6.08 Å². The number of para-hydroxylation sites is 1. The van der Waals surface area contributed by atoms with E-state index in [0.717, 1.165) is 5.75 Å². The van der Waals surface area contributed by atoms with Crippen molar-refractivity contribution in [3.8, 4) is 5.75 Å². The van der Waals surface area contributed by atoms with Gasteiger partial charge in [-0.1, -0.05) is 24.3 Å². The lowest BCUT2D eigenvalue weighted by Crippen LogP contribution is -2.24. The molecule has 0 amide bonds. The second-order valence-electron chi connectivity index (χ2n) is 3.05. The van der Waals surface area contributed by atoms with E-state index >= 15 is 0 Å². The number of rotatable bonds is 5. The maximum Gasteiger partial charge on any atom is 0.170 e. The van der Waals surface area contributed by atoms with E-state index in [1.165, 1.54) is 6.92 Å². The molecule has 0 aromatic heterocycles. The molecule has 0 aliphatic rings. The minimum Gasteiger partial charge on any atom is -0.482 e. The van der Waals surface area contributed by atoms with Gasteiger partial charge in [-0.15, -0.1) is 6.58 Å². The summed E-state index contributed by atoms with van der Waals surface area (Å²) in [6, 6.07) is 9.32. The molecule has 74 valence electrons. The van der Waals surface area contributed by atoms with Crippen molar-refractivity contribution in [2.75, 3.05) is 0 Å². The molecule has 14 heavy (non-hydrogen) atoms. The molecule has 1 rings (SSSR count). The van der Waals surface area contributed by atoms with Gasteiger partial charge in [0.05, 0.1) is 0 Å². The largest absolute Gasteiger partial charge is 0.482 e. The highest BCUT2D eigenvalue weighted by Crippen LogP contribution is 2.13. The first-order valence-electron chi connectivity index (χ1n) is 4.57. The fraction of sp³-hybridized carbons (Fsp3) is 0.250. The van der Waals surface area contributed by atoms with Crippen LogP contribution in [0.25, 0.3) is 0 Å². The summed E-state index contributed by atoms with van der Waals surface area (Å²) in [5, 5.41) is 0. The summed E-state index contributed by atoms with van der Waals surface area (Å²) < 4.78 is 5.50. The van der Waals surface area contributed by atoms with Crippen LogP contribution in [0.4, 0.5) is 0 Å². The molecule has 0 N–H and O–H groups in total. The highest BCUT2D eigenvalue weighted by molar-refractivity contribution is 5.80. The van der Waals surface area contributed by atoms with Crippen LogP contribution in [0.15, 0.2) is 43.0 Å². The number of Topliss-reactive ketones (excluding diaryl/α,β-unsaturated/α-hetero) is 1. The number of hydrogen-bond acceptors (Lipinski definition) is 2. The normalized spacial score (nSPS) is 11.8. The van der Waals surface area contributed by atoms with Crippen molar-refractivity contribution in [1.29, 1.82) is 0 Å². The molecular weight excluding hydrogens is 176 g/mol. The summed E-state index contributed by atoms with van der Waals surface area (Å²) in [5.41, 5.74) is 0. The van der Waals surface area contributed by atoms with Crippen molar-refractivity contribution in [2.24, 2.45) is 0 Å². The molecule has 0 heterocycles. The first-order valence-corrected chi connectivity index (χ1v) is 4.57. The van der Waals surface area contributed by atoms with Crippen LogP contribution in [0.1, 0.15) is 13.3 Å². The molecule has 1 atom stereocenters. The Bertz CT molecular complexity index is 303. The molecule has 1 aromatic rings. The molecule has 0 radical (unpaired) electrons. The molecular formula is C12H14O2. The van der Waals surface area contributed by atoms with Crippen molar-refractivity contribution in [3.63, 3.8) is 0 Å². The van der Waals surface area contributed by atoms with Crippen molar-refractivity contribution >= 4 is 5.78 Å². The average molecular weight is 190 g/mol. The number of hydrogen-bond donors (Lipinski definition) is 0. The van der Waals surface area contributed by atoms with E-state index < -0.39 is 6.10 Å². The molecule has 1 unspecified atom stereocenters. The van der Waals surface area contributed by atoms with Gasteiger partial charge in [0.1, 0.15) is 5.75 Å². The Balaban J connectivity index is 2.64. The predicted molar refractivity (Wildman–Crippen MR) is 56.4 cm³/mol. The van der Waals surface area contributed by atoms with Gasteiger partial charge >= 0.3 is 0 Å². The van der Waals surface area contributed by atoms with Crippen LogP contribution in [0.2, 0.25) is 0 Å².